The number of nitriles is 1. The highest BCUT2D eigenvalue weighted by atomic mass is 14.9. The van der Waals surface area contributed by atoms with Gasteiger partial charge in [-0.25, -0.2) is 0 Å². The number of hydrogen-bond donors (Lipinski definition) is 2. The Morgan fingerprint density at radius 3 is 2.64 bits per heavy atom. The maximum Gasteiger partial charge on any atom is 0.0622 e. The predicted molar refractivity (Wildman–Crippen MR) is 59.2 cm³/mol. The normalized spacial score (nSPS) is 11.9. The average Bonchev–Trinajstić information content (AvgIpc) is 2.16. The minimum absolute atomic E-state index is 0.402. The topological polar surface area (TPSA) is 59.7 Å². The van der Waals surface area contributed by atoms with Crippen LogP contribution in [-0.4, -0.2) is 12.8 Å². The molecule has 0 fully saturated rings. The Labute approximate surface area is 86.3 Å². The van der Waals surface area contributed by atoms with Crippen LogP contribution in [0, 0.1) is 22.7 Å². The van der Waals surface area contributed by atoms with E-state index in [0.29, 0.717) is 12.3 Å². The molecule has 14 heavy (non-hydrogen) atoms. The van der Waals surface area contributed by atoms with E-state index in [4.69, 9.17) is 10.7 Å². The molecule has 0 rings (SSSR count). The number of unbranched alkanes of at least 4 members (excludes halogenated alkanes) is 1. The van der Waals surface area contributed by atoms with Gasteiger partial charge in [0.1, 0.15) is 0 Å². The first kappa shape index (κ1) is 12.7. The zero-order valence-corrected chi connectivity index (χ0v) is 9.22. The number of nitrogens with zero attached hydrogens (tertiary/aromatic N) is 1. The molecule has 0 bridgehead atoms. The van der Waals surface area contributed by atoms with Crippen LogP contribution in [0.2, 0.25) is 0 Å². The number of allylic oxidation sites excluding steroid dienone is 2. The third-order valence-corrected chi connectivity index (χ3v) is 2.00. The maximum absolute atomic E-state index is 8.37. The van der Waals surface area contributed by atoms with Gasteiger partial charge in [-0.15, -0.1) is 0 Å². The lowest BCUT2D eigenvalue weighted by atomic mass is 10.1. The first-order valence-electron chi connectivity index (χ1n) is 4.95. The van der Waals surface area contributed by atoms with E-state index in [9.17, 15) is 0 Å². The standard InChI is InChI=1S/C11H19N3/c1-9(2)11(10(3)8-13)14-7-5-4-6-12/h8-9,13-14H,4-5,7H2,1-3H3/b11-10-,13-8?. The lowest BCUT2D eigenvalue weighted by Gasteiger charge is -2.15. The molecular weight excluding hydrogens is 174 g/mol. The molecule has 0 aliphatic heterocycles. The fourth-order valence-electron chi connectivity index (χ4n) is 1.27. The summed E-state index contributed by atoms with van der Waals surface area (Å²) in [6.07, 6.45) is 2.81. The van der Waals surface area contributed by atoms with Crippen LogP contribution in [0.25, 0.3) is 0 Å². The Bertz CT molecular complexity index is 246. The van der Waals surface area contributed by atoms with Crippen molar-refractivity contribution in [1.29, 1.82) is 10.7 Å². The largest absolute Gasteiger partial charge is 0.388 e. The van der Waals surface area contributed by atoms with Gasteiger partial charge in [0.25, 0.3) is 0 Å². The van der Waals surface area contributed by atoms with Crippen molar-refractivity contribution >= 4 is 6.21 Å². The van der Waals surface area contributed by atoms with Gasteiger partial charge in [0.05, 0.1) is 6.07 Å². The molecular formula is C11H19N3. The monoisotopic (exact) mass is 193 g/mol. The van der Waals surface area contributed by atoms with Gasteiger partial charge >= 0.3 is 0 Å². The van der Waals surface area contributed by atoms with Crippen molar-refractivity contribution in [3.63, 3.8) is 0 Å². The first-order valence-corrected chi connectivity index (χ1v) is 4.95. The van der Waals surface area contributed by atoms with Crippen LogP contribution in [0.1, 0.15) is 33.6 Å². The molecule has 0 aromatic carbocycles. The van der Waals surface area contributed by atoms with E-state index in [0.717, 1.165) is 24.2 Å². The van der Waals surface area contributed by atoms with Crippen LogP contribution < -0.4 is 5.32 Å². The summed E-state index contributed by atoms with van der Waals surface area (Å²) in [5.74, 6) is 0.402. The van der Waals surface area contributed by atoms with E-state index in [1.807, 2.05) is 6.92 Å². The summed E-state index contributed by atoms with van der Waals surface area (Å²) in [6, 6.07) is 2.11. The van der Waals surface area contributed by atoms with Crippen molar-refractivity contribution in [1.82, 2.24) is 5.32 Å². The highest BCUT2D eigenvalue weighted by Gasteiger charge is 2.04. The van der Waals surface area contributed by atoms with E-state index < -0.39 is 0 Å². The molecule has 0 atom stereocenters. The average molecular weight is 193 g/mol. The quantitative estimate of drug-likeness (QED) is 0.503. The molecule has 0 aliphatic rings. The molecule has 2 N–H and O–H groups in total. The van der Waals surface area contributed by atoms with Crippen molar-refractivity contribution in [2.24, 2.45) is 5.92 Å². The smallest absolute Gasteiger partial charge is 0.0622 e. The molecule has 0 amide bonds. The van der Waals surface area contributed by atoms with E-state index in [1.165, 1.54) is 6.21 Å². The Balaban J connectivity index is 4.14. The first-order chi connectivity index (χ1) is 6.63. The van der Waals surface area contributed by atoms with Gasteiger partial charge in [0, 0.05) is 24.9 Å². The third kappa shape index (κ3) is 4.66. The number of nitrogens with one attached hydrogen (secondary N) is 2. The lowest BCUT2D eigenvalue weighted by molar-refractivity contribution is 0.630. The van der Waals surface area contributed by atoms with E-state index in [2.05, 4.69) is 25.2 Å². The van der Waals surface area contributed by atoms with Crippen molar-refractivity contribution in [3.8, 4) is 6.07 Å². The van der Waals surface area contributed by atoms with Gasteiger partial charge in [0.2, 0.25) is 0 Å². The molecule has 0 aliphatic carbocycles. The molecule has 0 aromatic rings. The minimum atomic E-state index is 0.402. The van der Waals surface area contributed by atoms with E-state index >= 15 is 0 Å². The molecule has 0 heterocycles. The Morgan fingerprint density at radius 2 is 2.21 bits per heavy atom. The lowest BCUT2D eigenvalue weighted by Crippen LogP contribution is -2.20. The van der Waals surface area contributed by atoms with Gasteiger partial charge in [-0.1, -0.05) is 13.8 Å². The summed E-state index contributed by atoms with van der Waals surface area (Å²) < 4.78 is 0. The minimum Gasteiger partial charge on any atom is -0.388 e. The molecule has 0 unspecified atom stereocenters. The van der Waals surface area contributed by atoms with Gasteiger partial charge in [0.15, 0.2) is 0 Å². The Hall–Kier alpha value is -1.30. The van der Waals surface area contributed by atoms with Crippen molar-refractivity contribution in [2.45, 2.75) is 33.6 Å². The summed E-state index contributed by atoms with van der Waals surface area (Å²) in [5, 5.41) is 18.8. The molecule has 78 valence electrons. The SMILES string of the molecule is C/C(C=N)=C(/NCCCC#N)C(C)C. The van der Waals surface area contributed by atoms with Crippen LogP contribution in [0.3, 0.4) is 0 Å². The second kappa shape index (κ2) is 7.14. The van der Waals surface area contributed by atoms with Gasteiger partial charge < -0.3 is 10.7 Å². The van der Waals surface area contributed by atoms with Crippen molar-refractivity contribution < 1.29 is 0 Å². The molecule has 3 nitrogen and oxygen atoms in total. The highest BCUT2D eigenvalue weighted by Crippen LogP contribution is 2.10. The second-order valence-electron chi connectivity index (χ2n) is 3.58. The molecule has 3 heteroatoms. The molecule has 0 saturated carbocycles. The number of rotatable bonds is 6. The van der Waals surface area contributed by atoms with Crippen LogP contribution in [0.4, 0.5) is 0 Å². The summed E-state index contributed by atoms with van der Waals surface area (Å²) in [4.78, 5) is 0. The third-order valence-electron chi connectivity index (χ3n) is 2.00. The van der Waals surface area contributed by atoms with Crippen molar-refractivity contribution in [2.75, 3.05) is 6.54 Å². The highest BCUT2D eigenvalue weighted by molar-refractivity contribution is 5.75. The van der Waals surface area contributed by atoms with Crippen LogP contribution in [-0.2, 0) is 0 Å². The van der Waals surface area contributed by atoms with E-state index in [1.54, 1.807) is 0 Å². The Morgan fingerprint density at radius 1 is 1.57 bits per heavy atom. The zero-order valence-electron chi connectivity index (χ0n) is 9.22. The fraction of sp³-hybridized carbons (Fsp3) is 0.636. The predicted octanol–water partition coefficient (Wildman–Crippen LogP) is 2.46. The molecule has 0 saturated heterocycles. The molecule has 0 spiro atoms. The van der Waals surface area contributed by atoms with Gasteiger partial charge in [-0.3, -0.25) is 0 Å². The molecule has 0 aromatic heterocycles. The van der Waals surface area contributed by atoms with Crippen molar-refractivity contribution in [3.05, 3.63) is 11.3 Å². The fourth-order valence-corrected chi connectivity index (χ4v) is 1.27. The summed E-state index contributed by atoms with van der Waals surface area (Å²) in [6.45, 7) is 6.94. The second-order valence-corrected chi connectivity index (χ2v) is 3.58. The van der Waals surface area contributed by atoms with Gasteiger partial charge in [-0.2, -0.15) is 5.26 Å². The summed E-state index contributed by atoms with van der Waals surface area (Å²) in [5.41, 5.74) is 2.08. The van der Waals surface area contributed by atoms with Crippen LogP contribution >= 0.6 is 0 Å². The molecule has 0 radical (unpaired) electrons. The summed E-state index contributed by atoms with van der Waals surface area (Å²) >= 11 is 0. The maximum atomic E-state index is 8.37. The van der Waals surface area contributed by atoms with E-state index in [-0.39, 0.29) is 0 Å². The van der Waals surface area contributed by atoms with Crippen LogP contribution in [0.15, 0.2) is 11.3 Å². The van der Waals surface area contributed by atoms with Crippen LogP contribution in [0.5, 0.6) is 0 Å². The summed E-state index contributed by atoms with van der Waals surface area (Å²) in [7, 11) is 0. The Kier molecular flexibility index (Phi) is 6.47. The number of hydrogen-bond acceptors (Lipinski definition) is 3. The van der Waals surface area contributed by atoms with Gasteiger partial charge in [-0.05, 0) is 24.8 Å². The zero-order chi connectivity index (χ0) is 11.0.